The summed E-state index contributed by atoms with van der Waals surface area (Å²) in [5.41, 5.74) is 0. The zero-order valence-electron chi connectivity index (χ0n) is 37.8. The molecular formula is C30H55Na5O35. The van der Waals surface area contributed by atoms with Gasteiger partial charge in [0.05, 0.1) is 62.9 Å². The molecule has 0 bridgehead atoms. The summed E-state index contributed by atoms with van der Waals surface area (Å²) in [5, 5.41) is 267. The predicted octanol–water partition coefficient (Wildman–Crippen LogP) is -39.1. The molecule has 0 saturated heterocycles. The molecule has 0 fully saturated rings. The first-order valence-electron chi connectivity index (χ1n) is 17.3. The fourth-order valence-corrected chi connectivity index (χ4v) is 3.31. The number of carboxylic acids is 5. The van der Waals surface area contributed by atoms with Gasteiger partial charge in [0.2, 0.25) is 0 Å². The number of aliphatic carboxylic acids is 5. The van der Waals surface area contributed by atoms with Crippen molar-refractivity contribution in [1.29, 1.82) is 0 Å². The van der Waals surface area contributed by atoms with Crippen LogP contribution in [0.1, 0.15) is 0 Å². The fraction of sp³-hybridized carbons (Fsp3) is 0.833. The van der Waals surface area contributed by atoms with E-state index < -0.39 is 185 Å². The summed E-state index contributed by atoms with van der Waals surface area (Å²) in [7, 11) is 0. The van der Waals surface area contributed by atoms with Gasteiger partial charge >= 0.3 is 148 Å². The molecule has 0 aromatic heterocycles. The van der Waals surface area contributed by atoms with Gasteiger partial charge in [-0.05, 0) is 0 Å². The number of carboxylic acid groups (broad SMARTS) is 5. The third kappa shape index (κ3) is 38.8. The van der Waals surface area contributed by atoms with Gasteiger partial charge in [0, 0.05) is 0 Å². The normalized spacial score (nSPS) is 18.9. The molecule has 0 aliphatic heterocycles. The monoisotopic (exact) mass is 1090 g/mol. The van der Waals surface area contributed by atoms with Crippen molar-refractivity contribution < 1.29 is 325 Å². The number of hydrogen-bond acceptors (Lipinski definition) is 35. The Hall–Kier alpha value is 1.35. The molecule has 0 unspecified atom stereocenters. The average Bonchev–Trinajstić information content (AvgIpc) is 3.28. The molecule has 390 valence electrons. The number of aliphatic hydroxyl groups is 25. The van der Waals surface area contributed by atoms with E-state index in [2.05, 4.69) is 0 Å². The Kier molecular flexibility index (Phi) is 68.5. The van der Waals surface area contributed by atoms with E-state index >= 15 is 0 Å². The minimum Gasteiger partial charge on any atom is -0.547 e. The quantitative estimate of drug-likeness (QED) is 0.0378. The van der Waals surface area contributed by atoms with Gasteiger partial charge in [0.1, 0.15) is 122 Å². The maximum atomic E-state index is 9.98. The Labute approximate surface area is 504 Å². The summed E-state index contributed by atoms with van der Waals surface area (Å²) in [6.45, 7) is -4.32. The summed E-state index contributed by atoms with van der Waals surface area (Å²) in [4.78, 5) is 49.9. The van der Waals surface area contributed by atoms with Crippen molar-refractivity contribution in [2.75, 3.05) is 33.0 Å². The van der Waals surface area contributed by atoms with Gasteiger partial charge in [-0.25, -0.2) is 0 Å². The molecule has 35 nitrogen and oxygen atoms in total. The van der Waals surface area contributed by atoms with E-state index in [0.29, 0.717) is 0 Å². The van der Waals surface area contributed by atoms with Crippen LogP contribution in [0.5, 0.6) is 0 Å². The Morgan fingerprint density at radius 3 is 0.371 bits per heavy atom. The summed E-state index contributed by atoms with van der Waals surface area (Å²) >= 11 is 0. The van der Waals surface area contributed by atoms with Crippen LogP contribution < -0.4 is 173 Å². The smallest absolute Gasteiger partial charge is 0.547 e. The minimum atomic E-state index is -2.31. The van der Waals surface area contributed by atoms with E-state index in [-0.39, 0.29) is 148 Å². The average molecular weight is 1090 g/mol. The number of carbonyl (C=O) groups is 5. The zero-order valence-corrected chi connectivity index (χ0v) is 47.8. The van der Waals surface area contributed by atoms with Crippen molar-refractivity contribution >= 4 is 29.8 Å². The van der Waals surface area contributed by atoms with Crippen molar-refractivity contribution in [2.45, 2.75) is 122 Å². The Morgan fingerprint density at radius 1 is 0.229 bits per heavy atom. The zero-order chi connectivity index (χ0) is 53.0. The molecule has 0 heterocycles. The second-order valence-corrected chi connectivity index (χ2v) is 12.5. The third-order valence-corrected chi connectivity index (χ3v) is 7.48. The molecule has 25 N–H and O–H groups in total. The Morgan fingerprint density at radius 2 is 0.314 bits per heavy atom. The first-order valence-corrected chi connectivity index (χ1v) is 17.3. The maximum Gasteiger partial charge on any atom is 1.00 e. The second-order valence-electron chi connectivity index (χ2n) is 12.5. The summed E-state index contributed by atoms with van der Waals surface area (Å²) in [6, 6.07) is 0. The van der Waals surface area contributed by atoms with Gasteiger partial charge in [0.15, 0.2) is 0 Å². The molecule has 0 spiro atoms. The maximum absolute atomic E-state index is 9.98. The Bertz CT molecular complexity index is 1100. The number of aliphatic hydroxyl groups excluding tert-OH is 25. The van der Waals surface area contributed by atoms with Crippen LogP contribution in [0.4, 0.5) is 0 Å². The molecule has 0 rings (SSSR count). The second kappa shape index (κ2) is 51.1. The van der Waals surface area contributed by atoms with Crippen LogP contribution in [-0.2, 0) is 24.0 Å². The molecule has 70 heavy (non-hydrogen) atoms. The Balaban J connectivity index is -0.0000000789. The summed E-state index contributed by atoms with van der Waals surface area (Å²) in [6.07, 6.45) is -40.4. The fourth-order valence-electron chi connectivity index (χ4n) is 3.31. The van der Waals surface area contributed by atoms with Crippen LogP contribution in [-0.4, -0.2) is 313 Å². The summed E-state index contributed by atoms with van der Waals surface area (Å²) in [5.74, 6) is -9.88. The van der Waals surface area contributed by atoms with Gasteiger partial charge in [-0.2, -0.15) is 0 Å². The van der Waals surface area contributed by atoms with Gasteiger partial charge in [0.25, 0.3) is 0 Å². The van der Waals surface area contributed by atoms with Crippen molar-refractivity contribution in [3.63, 3.8) is 0 Å². The van der Waals surface area contributed by atoms with E-state index in [1.165, 1.54) is 0 Å². The van der Waals surface area contributed by atoms with Crippen molar-refractivity contribution in [3.8, 4) is 0 Å². The number of rotatable bonds is 25. The molecule has 20 atom stereocenters. The molecule has 0 aromatic carbocycles. The van der Waals surface area contributed by atoms with E-state index in [4.69, 9.17) is 128 Å². The first-order chi connectivity index (χ1) is 29.6. The standard InChI is InChI=1S/5C6H12O7.5Na/c5*7-1-2(8)3(9)4(10)5(11)6(12)13;;;;;/h5*2-5,7-11H,1H2,(H,12,13);;;;;/q;;;;;5*+1/p-5/t5*2-,3-,4+,5-;;;;;/m11111...../s1. The van der Waals surface area contributed by atoms with Crippen molar-refractivity contribution in [1.82, 2.24) is 0 Å². The van der Waals surface area contributed by atoms with Gasteiger partial charge < -0.3 is 177 Å². The third-order valence-electron chi connectivity index (χ3n) is 7.48. The predicted molar refractivity (Wildman–Crippen MR) is 181 cm³/mol. The van der Waals surface area contributed by atoms with E-state index in [1.807, 2.05) is 0 Å². The number of hydrogen-bond donors (Lipinski definition) is 25. The van der Waals surface area contributed by atoms with Gasteiger partial charge in [-0.1, -0.05) is 0 Å². The molecule has 40 heteroatoms. The molecule has 0 radical (unpaired) electrons. The van der Waals surface area contributed by atoms with Crippen LogP contribution in [0.25, 0.3) is 0 Å². The SMILES string of the molecule is O=C([O-])[C@H](O)[C@@H](O)[C@H](O)[C@H](O)CO.O=C([O-])[C@H](O)[C@@H](O)[C@H](O)[C@H](O)CO.O=C([O-])[C@H](O)[C@@H](O)[C@H](O)[C@H](O)CO.O=C([O-])[C@H](O)[C@@H](O)[C@H](O)[C@H](O)CO.O=C([O-])[C@H](O)[C@@H](O)[C@H](O)[C@H](O)CO.[Na+].[Na+].[Na+].[Na+].[Na+]. The number of carbonyl (C=O) groups excluding carboxylic acids is 5. The topological polar surface area (TPSA) is 706 Å². The van der Waals surface area contributed by atoms with Gasteiger partial charge in [-0.3, -0.25) is 0 Å². The molecule has 0 amide bonds. The van der Waals surface area contributed by atoms with E-state index in [1.54, 1.807) is 0 Å². The van der Waals surface area contributed by atoms with E-state index in [9.17, 15) is 49.5 Å². The molecule has 0 aliphatic carbocycles. The van der Waals surface area contributed by atoms with Crippen LogP contribution in [0.15, 0.2) is 0 Å². The van der Waals surface area contributed by atoms with E-state index in [0.717, 1.165) is 0 Å². The molecule has 0 aliphatic rings. The van der Waals surface area contributed by atoms with Crippen LogP contribution in [0.3, 0.4) is 0 Å². The molecular weight excluding hydrogens is 1040 g/mol. The van der Waals surface area contributed by atoms with Gasteiger partial charge in [-0.15, -0.1) is 0 Å². The van der Waals surface area contributed by atoms with Crippen LogP contribution in [0.2, 0.25) is 0 Å². The first kappa shape index (κ1) is 93.8. The van der Waals surface area contributed by atoms with Crippen molar-refractivity contribution in [3.05, 3.63) is 0 Å². The largest absolute Gasteiger partial charge is 1.00 e. The summed E-state index contributed by atoms with van der Waals surface area (Å²) < 4.78 is 0. The molecule has 0 aromatic rings. The van der Waals surface area contributed by atoms with Crippen LogP contribution >= 0.6 is 0 Å². The van der Waals surface area contributed by atoms with Crippen LogP contribution in [0, 0.1) is 0 Å². The molecule has 0 saturated carbocycles. The minimum absolute atomic E-state index is 0. The van der Waals surface area contributed by atoms with Crippen molar-refractivity contribution in [2.24, 2.45) is 0 Å².